The van der Waals surface area contributed by atoms with E-state index >= 15 is 0 Å². The first-order valence-corrected chi connectivity index (χ1v) is 13.1. The monoisotopic (exact) mass is 417 g/mol. The lowest BCUT2D eigenvalue weighted by Crippen LogP contribution is -2.53. The van der Waals surface area contributed by atoms with Crippen molar-refractivity contribution in [1.82, 2.24) is 0 Å². The van der Waals surface area contributed by atoms with Gasteiger partial charge in [0.05, 0.1) is 11.8 Å². The van der Waals surface area contributed by atoms with Crippen LogP contribution < -0.4 is 5.19 Å². The van der Waals surface area contributed by atoms with E-state index in [1.807, 2.05) is 105 Å². The van der Waals surface area contributed by atoms with Gasteiger partial charge >= 0.3 is 0 Å². The van der Waals surface area contributed by atoms with Crippen LogP contribution in [0.2, 0.25) is 13.1 Å². The molecule has 3 rings (SSSR count). The number of carbonyl (C=O) groups is 1. The third kappa shape index (κ3) is 4.74. The van der Waals surface area contributed by atoms with Gasteiger partial charge in [-0.1, -0.05) is 109 Å². The number of nitro groups is 1. The second kappa shape index (κ2) is 9.18. The van der Waals surface area contributed by atoms with Gasteiger partial charge in [-0.2, -0.15) is 0 Å². The number of rotatable bonds is 8. The van der Waals surface area contributed by atoms with E-state index in [1.54, 1.807) is 0 Å². The SMILES string of the molecule is Cc1cccc([C@H](C[N+](=O)[O-])[C@H](C(=O)[Si](C)(C)c2ccccc2)c2ccccc2)c1. The van der Waals surface area contributed by atoms with Gasteiger partial charge in [0.25, 0.3) is 0 Å². The van der Waals surface area contributed by atoms with Crippen LogP contribution in [-0.4, -0.2) is 24.9 Å². The molecule has 0 bridgehead atoms. The highest BCUT2D eigenvalue weighted by molar-refractivity contribution is 7.13. The maximum absolute atomic E-state index is 14.1. The molecule has 2 atom stereocenters. The van der Waals surface area contributed by atoms with Gasteiger partial charge in [0, 0.05) is 4.92 Å². The molecule has 0 saturated carbocycles. The van der Waals surface area contributed by atoms with Crippen molar-refractivity contribution in [3.63, 3.8) is 0 Å². The molecule has 0 N–H and O–H groups in total. The molecule has 0 aromatic heterocycles. The molecule has 0 aliphatic carbocycles. The van der Waals surface area contributed by atoms with Crippen molar-refractivity contribution in [3.05, 3.63) is 112 Å². The quantitative estimate of drug-likeness (QED) is 0.299. The van der Waals surface area contributed by atoms with Crippen molar-refractivity contribution in [2.75, 3.05) is 6.54 Å². The van der Waals surface area contributed by atoms with E-state index in [9.17, 15) is 14.9 Å². The van der Waals surface area contributed by atoms with Crippen LogP contribution in [0.4, 0.5) is 0 Å². The van der Waals surface area contributed by atoms with Crippen molar-refractivity contribution in [2.45, 2.75) is 31.9 Å². The van der Waals surface area contributed by atoms with E-state index in [1.165, 1.54) is 0 Å². The zero-order chi connectivity index (χ0) is 21.7. The molecule has 0 fully saturated rings. The van der Waals surface area contributed by atoms with Crippen molar-refractivity contribution in [1.29, 1.82) is 0 Å². The standard InChI is InChI=1S/C25H27NO3Si/c1-19-11-10-14-21(17-19)23(18-26(28)29)24(20-12-6-4-7-13-20)25(27)30(2,3)22-15-8-5-9-16-22/h4-17,23-24H,18H2,1-3H3/t23-,24+/m0/s1. The molecule has 4 nitrogen and oxygen atoms in total. The fourth-order valence-electron chi connectivity index (χ4n) is 4.08. The maximum atomic E-state index is 14.1. The Morgan fingerprint density at radius 2 is 1.47 bits per heavy atom. The number of aryl methyl sites for hydroxylation is 1. The summed E-state index contributed by atoms with van der Waals surface area (Å²) in [5.74, 6) is -1.09. The van der Waals surface area contributed by atoms with Gasteiger partial charge in [-0.25, -0.2) is 0 Å². The fraction of sp³-hybridized carbons (Fsp3) is 0.240. The van der Waals surface area contributed by atoms with E-state index in [2.05, 4.69) is 0 Å². The van der Waals surface area contributed by atoms with Gasteiger partial charge in [0.2, 0.25) is 6.54 Å². The van der Waals surface area contributed by atoms with Crippen molar-refractivity contribution in [3.8, 4) is 0 Å². The largest absolute Gasteiger partial charge is 0.304 e. The average Bonchev–Trinajstić information content (AvgIpc) is 2.74. The Morgan fingerprint density at radius 3 is 2.03 bits per heavy atom. The second-order valence-electron chi connectivity index (χ2n) is 8.28. The minimum atomic E-state index is -2.55. The van der Waals surface area contributed by atoms with Crippen molar-refractivity contribution in [2.24, 2.45) is 0 Å². The summed E-state index contributed by atoms with van der Waals surface area (Å²) in [5.41, 5.74) is 2.71. The molecule has 0 radical (unpaired) electrons. The van der Waals surface area contributed by atoms with Crippen LogP contribution >= 0.6 is 0 Å². The Balaban J connectivity index is 2.16. The number of hydrogen-bond acceptors (Lipinski definition) is 3. The Hall–Kier alpha value is -3.05. The average molecular weight is 418 g/mol. The van der Waals surface area contributed by atoms with E-state index in [-0.39, 0.29) is 16.9 Å². The predicted octanol–water partition coefficient (Wildman–Crippen LogP) is 4.86. The zero-order valence-corrected chi connectivity index (χ0v) is 18.6. The first-order chi connectivity index (χ1) is 14.3. The van der Waals surface area contributed by atoms with Crippen LogP contribution in [0.15, 0.2) is 84.9 Å². The van der Waals surface area contributed by atoms with E-state index < -0.39 is 19.9 Å². The molecular weight excluding hydrogens is 390 g/mol. The third-order valence-corrected chi connectivity index (χ3v) is 9.09. The number of carbonyl (C=O) groups excluding carboxylic acids is 1. The van der Waals surface area contributed by atoms with Gasteiger partial charge in [-0.05, 0) is 18.1 Å². The smallest absolute Gasteiger partial charge is 0.211 e. The molecule has 30 heavy (non-hydrogen) atoms. The highest BCUT2D eigenvalue weighted by Gasteiger charge is 2.43. The molecule has 154 valence electrons. The van der Waals surface area contributed by atoms with Crippen LogP contribution in [-0.2, 0) is 4.79 Å². The molecule has 3 aromatic rings. The molecule has 0 saturated heterocycles. The fourth-order valence-corrected chi connectivity index (χ4v) is 6.53. The lowest BCUT2D eigenvalue weighted by atomic mass is 9.81. The Kier molecular flexibility index (Phi) is 6.62. The molecule has 0 unspecified atom stereocenters. The number of hydrogen-bond donors (Lipinski definition) is 0. The molecule has 0 aliphatic rings. The molecule has 0 spiro atoms. The van der Waals surface area contributed by atoms with Crippen LogP contribution in [0, 0.1) is 17.0 Å². The maximum Gasteiger partial charge on any atom is 0.211 e. The van der Waals surface area contributed by atoms with Crippen molar-refractivity contribution < 1.29 is 9.72 Å². The normalized spacial score (nSPS) is 13.4. The highest BCUT2D eigenvalue weighted by Crippen LogP contribution is 2.37. The summed E-state index contributed by atoms with van der Waals surface area (Å²) in [5, 5.41) is 12.8. The summed E-state index contributed by atoms with van der Waals surface area (Å²) in [6.45, 7) is 5.77. The van der Waals surface area contributed by atoms with Crippen LogP contribution in [0.25, 0.3) is 0 Å². The molecule has 3 aromatic carbocycles. The minimum Gasteiger partial charge on any atom is -0.304 e. The Labute approximate surface area is 178 Å². The Bertz CT molecular complexity index is 1020. The molecule has 0 amide bonds. The molecule has 0 heterocycles. The van der Waals surface area contributed by atoms with Gasteiger partial charge in [-0.3, -0.25) is 10.1 Å². The lowest BCUT2D eigenvalue weighted by molar-refractivity contribution is -0.483. The van der Waals surface area contributed by atoms with Crippen molar-refractivity contribution >= 4 is 18.7 Å². The first kappa shape index (κ1) is 21.7. The molecular formula is C25H27NO3Si. The summed E-state index contributed by atoms with van der Waals surface area (Å²) in [6.07, 6.45) is 0. The number of nitrogens with zero attached hydrogens (tertiary/aromatic N) is 1. The van der Waals surface area contributed by atoms with E-state index in [0.29, 0.717) is 0 Å². The predicted molar refractivity (Wildman–Crippen MR) is 124 cm³/mol. The van der Waals surface area contributed by atoms with Crippen LogP contribution in [0.3, 0.4) is 0 Å². The third-order valence-electron chi connectivity index (χ3n) is 5.77. The summed E-state index contributed by atoms with van der Waals surface area (Å²) in [7, 11) is -2.55. The number of benzene rings is 3. The summed E-state index contributed by atoms with van der Waals surface area (Å²) >= 11 is 0. The first-order valence-electron chi connectivity index (χ1n) is 10.1. The Morgan fingerprint density at radius 1 is 0.900 bits per heavy atom. The summed E-state index contributed by atoms with van der Waals surface area (Å²) in [6, 6.07) is 27.1. The van der Waals surface area contributed by atoms with Crippen LogP contribution in [0.5, 0.6) is 0 Å². The highest BCUT2D eigenvalue weighted by atomic mass is 28.3. The molecule has 5 heteroatoms. The van der Waals surface area contributed by atoms with E-state index in [0.717, 1.165) is 21.9 Å². The van der Waals surface area contributed by atoms with Gasteiger partial charge < -0.3 is 4.79 Å². The molecule has 0 aliphatic heterocycles. The topological polar surface area (TPSA) is 60.2 Å². The van der Waals surface area contributed by atoms with Crippen LogP contribution in [0.1, 0.15) is 28.5 Å². The lowest BCUT2D eigenvalue weighted by Gasteiger charge is -2.31. The summed E-state index contributed by atoms with van der Waals surface area (Å²) < 4.78 is 0. The van der Waals surface area contributed by atoms with Gasteiger partial charge in [0.1, 0.15) is 5.41 Å². The minimum absolute atomic E-state index is 0.119. The van der Waals surface area contributed by atoms with Gasteiger partial charge in [-0.15, -0.1) is 0 Å². The zero-order valence-electron chi connectivity index (χ0n) is 17.6. The second-order valence-corrected chi connectivity index (χ2v) is 12.6. The summed E-state index contributed by atoms with van der Waals surface area (Å²) in [4.78, 5) is 25.4. The van der Waals surface area contributed by atoms with E-state index in [4.69, 9.17) is 0 Å². The van der Waals surface area contributed by atoms with Gasteiger partial charge in [0.15, 0.2) is 8.07 Å².